The first-order valence-electron chi connectivity index (χ1n) is 5.28. The van der Waals surface area contributed by atoms with Gasteiger partial charge < -0.3 is 9.90 Å². The Morgan fingerprint density at radius 1 is 1.41 bits per heavy atom. The summed E-state index contributed by atoms with van der Waals surface area (Å²) in [5.74, 6) is -0.969. The highest BCUT2D eigenvalue weighted by Crippen LogP contribution is 2.10. The van der Waals surface area contributed by atoms with Crippen LogP contribution in [0.3, 0.4) is 0 Å². The summed E-state index contributed by atoms with van der Waals surface area (Å²) in [5.41, 5.74) is 3.57. The van der Waals surface area contributed by atoms with Gasteiger partial charge in [0, 0.05) is 12.6 Å². The molecule has 17 heavy (non-hydrogen) atoms. The third kappa shape index (κ3) is 4.92. The third-order valence-corrected chi connectivity index (χ3v) is 2.05. The van der Waals surface area contributed by atoms with Crippen LogP contribution in [0.25, 0.3) is 0 Å². The van der Waals surface area contributed by atoms with E-state index in [1.807, 2.05) is 0 Å². The number of anilines is 1. The van der Waals surface area contributed by atoms with Gasteiger partial charge in [0.05, 0.1) is 11.3 Å². The van der Waals surface area contributed by atoms with E-state index in [9.17, 15) is 9.59 Å². The van der Waals surface area contributed by atoms with Crippen LogP contribution in [0, 0.1) is 0 Å². The summed E-state index contributed by atoms with van der Waals surface area (Å²) in [5, 5.41) is 12.7. The molecule has 1 aromatic carbocycles. The average Bonchev–Trinajstić information content (AvgIpc) is 2.34. The Labute approximate surface area is 99.2 Å². The van der Waals surface area contributed by atoms with E-state index in [1.54, 1.807) is 18.3 Å². The number of carbonyl (C=O) groups excluding carboxylic acids is 1. The Hall–Kier alpha value is -2.17. The molecular weight excluding hydrogens is 220 g/mol. The minimum Gasteiger partial charge on any atom is -0.478 e. The summed E-state index contributed by atoms with van der Waals surface area (Å²) >= 11 is 0. The monoisotopic (exact) mass is 234 g/mol. The fourth-order valence-corrected chi connectivity index (χ4v) is 1.20. The molecule has 0 atom stereocenters. The molecule has 1 rings (SSSR count). The van der Waals surface area contributed by atoms with Crippen molar-refractivity contribution in [3.8, 4) is 0 Å². The van der Waals surface area contributed by atoms with E-state index in [0.717, 1.165) is 12.7 Å². The lowest BCUT2D eigenvalue weighted by molar-refractivity contribution is -0.107. The number of benzene rings is 1. The maximum absolute atomic E-state index is 10.7. The molecule has 5 nitrogen and oxygen atoms in total. The number of nitrogens with zero attached hydrogens (tertiary/aromatic N) is 1. The minimum absolute atomic E-state index is 0.214. The van der Waals surface area contributed by atoms with Crippen molar-refractivity contribution in [2.45, 2.75) is 19.3 Å². The third-order valence-electron chi connectivity index (χ3n) is 2.05. The standard InChI is InChI=1S/C12H14N2O3/c15-8-3-1-2-7-13-14-11-6-4-5-10(9-11)12(16)17/h4-9,14H,1-3H2,(H,16,17). The molecule has 0 heterocycles. The molecule has 0 aromatic heterocycles. The molecule has 0 aliphatic heterocycles. The molecule has 0 bridgehead atoms. The first-order chi connectivity index (χ1) is 8.24. The largest absolute Gasteiger partial charge is 0.478 e. The normalized spacial score (nSPS) is 10.4. The first kappa shape index (κ1) is 12.9. The van der Waals surface area contributed by atoms with E-state index in [2.05, 4.69) is 10.5 Å². The zero-order chi connectivity index (χ0) is 12.5. The Morgan fingerprint density at radius 2 is 2.24 bits per heavy atom. The Bertz CT molecular complexity index is 416. The Balaban J connectivity index is 2.43. The minimum atomic E-state index is -0.969. The van der Waals surface area contributed by atoms with E-state index in [4.69, 9.17) is 5.11 Å². The fraction of sp³-hybridized carbons (Fsp3) is 0.250. The zero-order valence-electron chi connectivity index (χ0n) is 9.30. The predicted molar refractivity (Wildman–Crippen MR) is 65.4 cm³/mol. The van der Waals surface area contributed by atoms with Crippen molar-refractivity contribution in [3.63, 3.8) is 0 Å². The molecule has 1 aromatic rings. The molecule has 0 saturated carbocycles. The number of unbranched alkanes of at least 4 members (excludes halogenated alkanes) is 2. The van der Waals surface area contributed by atoms with Gasteiger partial charge in [0.15, 0.2) is 0 Å². The van der Waals surface area contributed by atoms with Crippen LogP contribution in [0.1, 0.15) is 29.6 Å². The highest BCUT2D eigenvalue weighted by Gasteiger charge is 2.01. The summed E-state index contributed by atoms with van der Waals surface area (Å²) in [6.07, 6.45) is 4.54. The molecule has 0 saturated heterocycles. The van der Waals surface area contributed by atoms with Crippen molar-refractivity contribution in [1.29, 1.82) is 0 Å². The summed E-state index contributed by atoms with van der Waals surface area (Å²) in [7, 11) is 0. The predicted octanol–water partition coefficient (Wildman–Crippen LogP) is 2.15. The van der Waals surface area contributed by atoms with Crippen molar-refractivity contribution in [2.75, 3.05) is 5.43 Å². The molecule has 0 aliphatic rings. The highest BCUT2D eigenvalue weighted by molar-refractivity contribution is 5.88. The second-order valence-corrected chi connectivity index (χ2v) is 3.41. The van der Waals surface area contributed by atoms with Crippen molar-refractivity contribution < 1.29 is 14.7 Å². The van der Waals surface area contributed by atoms with Crippen LogP contribution in [-0.4, -0.2) is 23.6 Å². The van der Waals surface area contributed by atoms with Gasteiger partial charge in [-0.25, -0.2) is 4.79 Å². The molecule has 0 spiro atoms. The van der Waals surface area contributed by atoms with Gasteiger partial charge in [0.25, 0.3) is 0 Å². The van der Waals surface area contributed by atoms with Crippen LogP contribution in [-0.2, 0) is 4.79 Å². The van der Waals surface area contributed by atoms with Crippen LogP contribution in [0.15, 0.2) is 29.4 Å². The number of hydrazone groups is 1. The van der Waals surface area contributed by atoms with Crippen LogP contribution in [0.2, 0.25) is 0 Å². The van der Waals surface area contributed by atoms with E-state index < -0.39 is 5.97 Å². The SMILES string of the molecule is O=CCCCC=NNc1cccc(C(=O)O)c1. The van der Waals surface area contributed by atoms with Crippen molar-refractivity contribution in [2.24, 2.45) is 5.10 Å². The highest BCUT2D eigenvalue weighted by atomic mass is 16.4. The molecule has 0 fully saturated rings. The van der Waals surface area contributed by atoms with Crippen molar-refractivity contribution in [1.82, 2.24) is 0 Å². The molecular formula is C12H14N2O3. The van der Waals surface area contributed by atoms with E-state index in [1.165, 1.54) is 12.1 Å². The number of rotatable bonds is 7. The number of aromatic carboxylic acids is 1. The molecule has 0 aliphatic carbocycles. The summed E-state index contributed by atoms with van der Waals surface area (Å²) in [6, 6.07) is 6.40. The van der Waals surface area contributed by atoms with Crippen LogP contribution < -0.4 is 5.43 Å². The summed E-state index contributed by atoms with van der Waals surface area (Å²) in [4.78, 5) is 20.7. The van der Waals surface area contributed by atoms with Crippen LogP contribution in [0.4, 0.5) is 5.69 Å². The van der Waals surface area contributed by atoms with Crippen LogP contribution in [0.5, 0.6) is 0 Å². The maximum Gasteiger partial charge on any atom is 0.335 e. The molecule has 90 valence electrons. The molecule has 0 radical (unpaired) electrons. The van der Waals surface area contributed by atoms with Gasteiger partial charge in [-0.05, 0) is 31.0 Å². The Kier molecular flexibility index (Phi) is 5.43. The zero-order valence-corrected chi connectivity index (χ0v) is 9.30. The van der Waals surface area contributed by atoms with E-state index in [-0.39, 0.29) is 5.56 Å². The second kappa shape index (κ2) is 7.16. The van der Waals surface area contributed by atoms with Gasteiger partial charge in [0.2, 0.25) is 0 Å². The number of hydrogen-bond acceptors (Lipinski definition) is 4. The number of carboxylic acids is 1. The number of nitrogens with one attached hydrogen (secondary N) is 1. The number of aldehydes is 1. The van der Waals surface area contributed by atoms with Gasteiger partial charge in [-0.15, -0.1) is 0 Å². The molecule has 2 N–H and O–H groups in total. The second-order valence-electron chi connectivity index (χ2n) is 3.41. The van der Waals surface area contributed by atoms with Gasteiger partial charge in [-0.1, -0.05) is 6.07 Å². The smallest absolute Gasteiger partial charge is 0.335 e. The topological polar surface area (TPSA) is 78.8 Å². The van der Waals surface area contributed by atoms with Gasteiger partial charge in [0.1, 0.15) is 6.29 Å². The van der Waals surface area contributed by atoms with Crippen molar-refractivity contribution >= 4 is 24.2 Å². The average molecular weight is 234 g/mol. The summed E-state index contributed by atoms with van der Waals surface area (Å²) < 4.78 is 0. The lowest BCUT2D eigenvalue weighted by Gasteiger charge is -2.00. The summed E-state index contributed by atoms with van der Waals surface area (Å²) in [6.45, 7) is 0. The van der Waals surface area contributed by atoms with Gasteiger partial charge >= 0.3 is 5.97 Å². The number of carboxylic acid groups (broad SMARTS) is 1. The van der Waals surface area contributed by atoms with E-state index in [0.29, 0.717) is 18.5 Å². The van der Waals surface area contributed by atoms with E-state index >= 15 is 0 Å². The Morgan fingerprint density at radius 3 is 2.94 bits per heavy atom. The first-order valence-corrected chi connectivity index (χ1v) is 5.28. The van der Waals surface area contributed by atoms with Gasteiger partial charge in [-0.2, -0.15) is 5.10 Å². The molecule has 0 amide bonds. The van der Waals surface area contributed by atoms with Crippen molar-refractivity contribution in [3.05, 3.63) is 29.8 Å². The number of hydrogen-bond donors (Lipinski definition) is 2. The lowest BCUT2D eigenvalue weighted by Crippen LogP contribution is -1.97. The maximum atomic E-state index is 10.7. The quantitative estimate of drug-likeness (QED) is 0.328. The van der Waals surface area contributed by atoms with Crippen LogP contribution >= 0.6 is 0 Å². The number of carbonyl (C=O) groups is 2. The molecule has 0 unspecified atom stereocenters. The molecule has 5 heteroatoms. The lowest BCUT2D eigenvalue weighted by atomic mass is 10.2. The fourth-order valence-electron chi connectivity index (χ4n) is 1.20. The van der Waals surface area contributed by atoms with Gasteiger partial charge in [-0.3, -0.25) is 5.43 Å².